The van der Waals surface area contributed by atoms with Crippen LogP contribution in [0.15, 0.2) is 23.1 Å². The number of benzene rings is 1. The Morgan fingerprint density at radius 3 is 2.80 bits per heavy atom. The van der Waals surface area contributed by atoms with E-state index in [9.17, 15) is 17.2 Å². The van der Waals surface area contributed by atoms with E-state index in [1.54, 1.807) is 12.1 Å². The Hall–Kier alpha value is -2.07. The van der Waals surface area contributed by atoms with E-state index < -0.39 is 27.7 Å². The highest BCUT2D eigenvalue weighted by atomic mass is 32.2. The molecule has 0 amide bonds. The molecule has 136 valence electrons. The predicted molar refractivity (Wildman–Crippen MR) is 84.8 cm³/mol. The number of aromatic nitrogens is 3. The Morgan fingerprint density at radius 2 is 2.12 bits per heavy atom. The summed E-state index contributed by atoms with van der Waals surface area (Å²) >= 11 is 0. The number of para-hydroxylation sites is 1. The van der Waals surface area contributed by atoms with Crippen LogP contribution in [0.2, 0.25) is 0 Å². The van der Waals surface area contributed by atoms with E-state index in [0.29, 0.717) is 12.2 Å². The second kappa shape index (κ2) is 6.03. The highest BCUT2D eigenvalue weighted by Crippen LogP contribution is 2.39. The van der Waals surface area contributed by atoms with Crippen molar-refractivity contribution >= 4 is 10.0 Å². The number of hydrogen-bond acceptors (Lipinski definition) is 5. The number of nitrogens with zero attached hydrogens (tertiary/aromatic N) is 3. The lowest BCUT2D eigenvalue weighted by Gasteiger charge is -2.18. The van der Waals surface area contributed by atoms with Crippen LogP contribution in [0.5, 0.6) is 5.75 Å². The summed E-state index contributed by atoms with van der Waals surface area (Å²) in [7, 11) is -2.64. The molecule has 0 spiro atoms. The lowest BCUT2D eigenvalue weighted by atomic mass is 10.0. The molecule has 3 rings (SSSR count). The summed E-state index contributed by atoms with van der Waals surface area (Å²) in [5.41, 5.74) is -0.240. The van der Waals surface area contributed by atoms with Crippen LogP contribution in [-0.4, -0.2) is 29.0 Å². The van der Waals surface area contributed by atoms with Gasteiger partial charge in [0.1, 0.15) is 27.6 Å². The summed E-state index contributed by atoms with van der Waals surface area (Å²) in [5, 5.41) is 7.12. The standard InChI is InChI=1S/C15H18F2N4O3S/c1-15(2)7-9-5-4-6-11(13(9)24-15)25(22,23)18-8-10-12(14(16)17)21(3)20-19-10/h4-6,14,18H,7-8H2,1-3H3. The maximum absolute atomic E-state index is 13.0. The molecule has 0 saturated heterocycles. The Morgan fingerprint density at radius 1 is 1.40 bits per heavy atom. The second-order valence-corrected chi connectivity index (χ2v) is 8.19. The first kappa shape index (κ1) is 17.7. The Bertz CT molecular complexity index is 909. The van der Waals surface area contributed by atoms with Crippen LogP contribution in [0.1, 0.15) is 37.2 Å². The molecule has 0 saturated carbocycles. The van der Waals surface area contributed by atoms with E-state index in [1.165, 1.54) is 13.1 Å². The fraction of sp³-hybridized carbons (Fsp3) is 0.467. The summed E-state index contributed by atoms with van der Waals surface area (Å²) in [6, 6.07) is 4.86. The lowest BCUT2D eigenvalue weighted by molar-refractivity contribution is 0.135. The molecule has 25 heavy (non-hydrogen) atoms. The third-order valence-corrected chi connectivity index (χ3v) is 5.35. The quantitative estimate of drug-likeness (QED) is 0.867. The number of fused-ring (bicyclic) bond motifs is 1. The zero-order valence-corrected chi connectivity index (χ0v) is 14.8. The van der Waals surface area contributed by atoms with Crippen molar-refractivity contribution in [3.8, 4) is 5.75 Å². The average molecular weight is 372 g/mol. The number of alkyl halides is 2. The van der Waals surface area contributed by atoms with Crippen LogP contribution in [0.25, 0.3) is 0 Å². The number of sulfonamides is 1. The van der Waals surface area contributed by atoms with Crippen molar-refractivity contribution in [3.63, 3.8) is 0 Å². The first-order valence-electron chi connectivity index (χ1n) is 7.58. The maximum Gasteiger partial charge on any atom is 0.281 e. The normalized spacial score (nSPS) is 16.1. The highest BCUT2D eigenvalue weighted by molar-refractivity contribution is 7.89. The molecule has 0 bridgehead atoms. The molecule has 0 aliphatic carbocycles. The first-order valence-corrected chi connectivity index (χ1v) is 9.06. The third-order valence-electron chi connectivity index (χ3n) is 3.92. The van der Waals surface area contributed by atoms with Crippen LogP contribution in [0.4, 0.5) is 8.78 Å². The fourth-order valence-corrected chi connectivity index (χ4v) is 4.00. The van der Waals surface area contributed by atoms with Crippen LogP contribution in [0.3, 0.4) is 0 Å². The van der Waals surface area contributed by atoms with Crippen LogP contribution in [-0.2, 0) is 30.0 Å². The molecule has 7 nitrogen and oxygen atoms in total. The van der Waals surface area contributed by atoms with Crippen molar-refractivity contribution in [2.24, 2.45) is 7.05 Å². The van der Waals surface area contributed by atoms with Crippen molar-refractivity contribution in [1.29, 1.82) is 0 Å². The monoisotopic (exact) mass is 372 g/mol. The number of ether oxygens (including phenoxy) is 1. The molecule has 0 unspecified atom stereocenters. The van der Waals surface area contributed by atoms with E-state index in [1.807, 2.05) is 13.8 Å². The summed E-state index contributed by atoms with van der Waals surface area (Å²) in [6.45, 7) is 3.35. The van der Waals surface area contributed by atoms with Gasteiger partial charge in [0.25, 0.3) is 6.43 Å². The maximum atomic E-state index is 13.0. The number of rotatable bonds is 5. The van der Waals surface area contributed by atoms with Gasteiger partial charge in [-0.3, -0.25) is 0 Å². The molecule has 1 aliphatic rings. The molecule has 1 N–H and O–H groups in total. The molecule has 0 fully saturated rings. The summed E-state index contributed by atoms with van der Waals surface area (Å²) in [6.07, 6.45) is -2.21. The molecule has 1 aromatic heterocycles. The predicted octanol–water partition coefficient (Wildman–Crippen LogP) is 1.94. The molecule has 10 heteroatoms. The number of nitrogens with one attached hydrogen (secondary N) is 1. The Labute approximate surface area is 144 Å². The van der Waals surface area contributed by atoms with Crippen molar-refractivity contribution in [2.45, 2.75) is 43.7 Å². The van der Waals surface area contributed by atoms with E-state index in [4.69, 9.17) is 4.74 Å². The van der Waals surface area contributed by atoms with E-state index in [2.05, 4.69) is 15.0 Å². The van der Waals surface area contributed by atoms with Gasteiger partial charge in [0.15, 0.2) is 0 Å². The van der Waals surface area contributed by atoms with Gasteiger partial charge in [-0.2, -0.15) is 0 Å². The minimum Gasteiger partial charge on any atom is -0.486 e. The van der Waals surface area contributed by atoms with Crippen LogP contribution < -0.4 is 9.46 Å². The van der Waals surface area contributed by atoms with E-state index in [-0.39, 0.29) is 17.1 Å². The molecule has 2 heterocycles. The van der Waals surface area contributed by atoms with Crippen molar-refractivity contribution in [3.05, 3.63) is 35.2 Å². The van der Waals surface area contributed by atoms with E-state index in [0.717, 1.165) is 10.2 Å². The number of aryl methyl sites for hydroxylation is 1. The van der Waals surface area contributed by atoms with Gasteiger partial charge in [-0.15, -0.1) is 5.10 Å². The van der Waals surface area contributed by atoms with Crippen molar-refractivity contribution in [1.82, 2.24) is 19.7 Å². The molecule has 1 aromatic carbocycles. The van der Waals surface area contributed by atoms with Gasteiger partial charge in [-0.1, -0.05) is 17.3 Å². The fourth-order valence-electron chi connectivity index (χ4n) is 2.84. The second-order valence-electron chi connectivity index (χ2n) is 6.45. The van der Waals surface area contributed by atoms with Crippen molar-refractivity contribution in [2.75, 3.05) is 0 Å². The summed E-state index contributed by atoms with van der Waals surface area (Å²) in [5.74, 6) is 0.299. The Balaban J connectivity index is 1.87. The van der Waals surface area contributed by atoms with E-state index >= 15 is 0 Å². The lowest BCUT2D eigenvalue weighted by Crippen LogP contribution is -2.27. The summed E-state index contributed by atoms with van der Waals surface area (Å²) < 4.78 is 60.3. The third kappa shape index (κ3) is 3.36. The minimum atomic E-state index is -3.96. The Kier molecular flexibility index (Phi) is 4.28. The molecule has 0 atom stereocenters. The van der Waals surface area contributed by atoms with Gasteiger partial charge in [0, 0.05) is 13.5 Å². The molecule has 1 aliphatic heterocycles. The van der Waals surface area contributed by atoms with Gasteiger partial charge in [-0.25, -0.2) is 26.6 Å². The summed E-state index contributed by atoms with van der Waals surface area (Å²) in [4.78, 5) is -0.0157. The SMILES string of the molecule is Cn1nnc(CNS(=O)(=O)c2cccc3c2OC(C)(C)C3)c1C(F)F. The molecule has 0 radical (unpaired) electrons. The highest BCUT2D eigenvalue weighted by Gasteiger charge is 2.35. The smallest absolute Gasteiger partial charge is 0.281 e. The zero-order chi connectivity index (χ0) is 18.4. The average Bonchev–Trinajstić information content (AvgIpc) is 3.02. The first-order chi connectivity index (χ1) is 11.6. The van der Waals surface area contributed by atoms with Gasteiger partial charge < -0.3 is 4.74 Å². The van der Waals surface area contributed by atoms with Crippen LogP contribution >= 0.6 is 0 Å². The van der Waals surface area contributed by atoms with Crippen LogP contribution in [0, 0.1) is 0 Å². The molecular formula is C15H18F2N4O3S. The molecule has 2 aromatic rings. The van der Waals surface area contributed by atoms with Gasteiger partial charge in [0.05, 0.1) is 6.54 Å². The number of halogens is 2. The topological polar surface area (TPSA) is 86.1 Å². The van der Waals surface area contributed by atoms with Crippen molar-refractivity contribution < 1.29 is 21.9 Å². The largest absolute Gasteiger partial charge is 0.486 e. The van der Waals surface area contributed by atoms with Gasteiger partial charge in [0.2, 0.25) is 10.0 Å². The minimum absolute atomic E-state index is 0.0157. The molecular weight excluding hydrogens is 354 g/mol. The van der Waals surface area contributed by atoms with Gasteiger partial charge >= 0.3 is 0 Å². The number of hydrogen-bond donors (Lipinski definition) is 1. The zero-order valence-electron chi connectivity index (χ0n) is 14.0. The van der Waals surface area contributed by atoms with Gasteiger partial charge in [-0.05, 0) is 25.5 Å².